The van der Waals surface area contributed by atoms with E-state index in [2.05, 4.69) is 33.5 Å². The number of hydrazine groups is 1. The fourth-order valence-corrected chi connectivity index (χ4v) is 2.95. The van der Waals surface area contributed by atoms with Crippen molar-refractivity contribution in [2.24, 2.45) is 5.84 Å². The van der Waals surface area contributed by atoms with Crippen molar-refractivity contribution in [3.8, 4) is 0 Å². The van der Waals surface area contributed by atoms with E-state index in [0.717, 1.165) is 23.7 Å². The summed E-state index contributed by atoms with van der Waals surface area (Å²) in [5.74, 6) is 5.70. The topological polar surface area (TPSA) is 47.3 Å². The lowest BCUT2D eigenvalue weighted by atomic mass is 9.73. The second-order valence-electron chi connectivity index (χ2n) is 4.64. The van der Waals surface area contributed by atoms with Crippen molar-refractivity contribution in [3.63, 3.8) is 0 Å². The van der Waals surface area contributed by atoms with Gasteiger partial charge in [-0.3, -0.25) is 11.3 Å². The number of methoxy groups -OCH3 is 1. The first-order chi connectivity index (χ1) is 8.22. The van der Waals surface area contributed by atoms with E-state index in [9.17, 15) is 0 Å². The van der Waals surface area contributed by atoms with Crippen LogP contribution in [0.3, 0.4) is 0 Å². The molecule has 94 valence electrons. The van der Waals surface area contributed by atoms with Gasteiger partial charge in [-0.1, -0.05) is 34.1 Å². The lowest BCUT2D eigenvalue weighted by molar-refractivity contribution is -0.0982. The third-order valence-corrected chi connectivity index (χ3v) is 4.60. The Labute approximate surface area is 111 Å². The highest BCUT2D eigenvalue weighted by Gasteiger charge is 2.44. The van der Waals surface area contributed by atoms with E-state index in [0.29, 0.717) is 0 Å². The summed E-state index contributed by atoms with van der Waals surface area (Å²) >= 11 is 3.57. The predicted octanol–water partition coefficient (Wildman–Crippen LogP) is 2.39. The van der Waals surface area contributed by atoms with Crippen LogP contribution in [-0.2, 0) is 11.2 Å². The Bertz CT molecular complexity index is 374. The molecule has 0 radical (unpaired) electrons. The molecule has 3 nitrogen and oxygen atoms in total. The van der Waals surface area contributed by atoms with Gasteiger partial charge in [0, 0.05) is 11.6 Å². The van der Waals surface area contributed by atoms with Crippen LogP contribution in [0.4, 0.5) is 0 Å². The summed E-state index contributed by atoms with van der Waals surface area (Å²) in [6, 6.07) is 8.42. The molecule has 1 aliphatic rings. The normalized spacial score (nSPS) is 19.7. The molecule has 0 heterocycles. The molecule has 0 saturated heterocycles. The van der Waals surface area contributed by atoms with E-state index in [1.54, 1.807) is 7.11 Å². The van der Waals surface area contributed by atoms with Gasteiger partial charge in [0.2, 0.25) is 0 Å². The van der Waals surface area contributed by atoms with Crippen molar-refractivity contribution < 1.29 is 4.74 Å². The van der Waals surface area contributed by atoms with E-state index in [1.807, 2.05) is 12.1 Å². The summed E-state index contributed by atoms with van der Waals surface area (Å²) in [5, 5.41) is 0. The molecule has 2 rings (SSSR count). The molecule has 0 aliphatic heterocycles. The first-order valence-electron chi connectivity index (χ1n) is 5.96. The van der Waals surface area contributed by atoms with Crippen LogP contribution in [0.2, 0.25) is 0 Å². The van der Waals surface area contributed by atoms with Crippen molar-refractivity contribution >= 4 is 15.9 Å². The predicted molar refractivity (Wildman–Crippen MR) is 72.5 cm³/mol. The molecular weight excluding hydrogens is 280 g/mol. The molecule has 1 saturated carbocycles. The Morgan fingerprint density at radius 2 is 2.18 bits per heavy atom. The van der Waals surface area contributed by atoms with Gasteiger partial charge in [-0.2, -0.15) is 0 Å². The summed E-state index contributed by atoms with van der Waals surface area (Å²) in [7, 11) is 1.78. The summed E-state index contributed by atoms with van der Waals surface area (Å²) in [6.45, 7) is 0. The average molecular weight is 299 g/mol. The van der Waals surface area contributed by atoms with Crippen LogP contribution in [0, 0.1) is 0 Å². The monoisotopic (exact) mass is 298 g/mol. The quantitative estimate of drug-likeness (QED) is 0.648. The maximum absolute atomic E-state index is 5.70. The number of benzene rings is 1. The standard InChI is InChI=1S/C13H19BrN2O/c1-17-13(7-4-8-13)12(16-15)9-10-5-2-3-6-11(10)14/h2-3,5-6,12,16H,4,7-9,15H2,1H3. The van der Waals surface area contributed by atoms with Crippen molar-refractivity contribution in [1.82, 2.24) is 5.43 Å². The van der Waals surface area contributed by atoms with Crippen LogP contribution in [0.15, 0.2) is 28.7 Å². The van der Waals surface area contributed by atoms with Crippen molar-refractivity contribution in [2.45, 2.75) is 37.3 Å². The Balaban J connectivity index is 2.13. The highest BCUT2D eigenvalue weighted by Crippen LogP contribution is 2.39. The van der Waals surface area contributed by atoms with Crippen LogP contribution in [-0.4, -0.2) is 18.8 Å². The molecule has 1 aliphatic carbocycles. The number of nitrogens with two attached hydrogens (primary N) is 1. The average Bonchev–Trinajstić information content (AvgIpc) is 2.29. The minimum Gasteiger partial charge on any atom is -0.377 e. The maximum Gasteiger partial charge on any atom is 0.0847 e. The zero-order valence-corrected chi connectivity index (χ0v) is 11.7. The van der Waals surface area contributed by atoms with Gasteiger partial charge in [0.15, 0.2) is 0 Å². The van der Waals surface area contributed by atoms with Gasteiger partial charge in [-0.05, 0) is 37.3 Å². The van der Waals surface area contributed by atoms with Crippen LogP contribution in [0.25, 0.3) is 0 Å². The highest BCUT2D eigenvalue weighted by atomic mass is 79.9. The maximum atomic E-state index is 5.70. The second-order valence-corrected chi connectivity index (χ2v) is 5.49. The van der Waals surface area contributed by atoms with Crippen LogP contribution < -0.4 is 11.3 Å². The van der Waals surface area contributed by atoms with E-state index < -0.39 is 0 Å². The minimum absolute atomic E-state index is 0.0793. The number of nitrogens with one attached hydrogen (secondary N) is 1. The highest BCUT2D eigenvalue weighted by molar-refractivity contribution is 9.10. The Kier molecular flexibility index (Phi) is 4.20. The third kappa shape index (κ3) is 2.55. The zero-order valence-electron chi connectivity index (χ0n) is 10.1. The van der Waals surface area contributed by atoms with Crippen LogP contribution >= 0.6 is 15.9 Å². The van der Waals surface area contributed by atoms with Crippen molar-refractivity contribution in [2.75, 3.05) is 7.11 Å². The van der Waals surface area contributed by atoms with E-state index in [4.69, 9.17) is 10.6 Å². The molecule has 1 unspecified atom stereocenters. The molecule has 1 atom stereocenters. The molecule has 1 aromatic carbocycles. The number of hydrogen-bond acceptors (Lipinski definition) is 3. The fourth-order valence-electron chi connectivity index (χ4n) is 2.50. The molecule has 0 spiro atoms. The van der Waals surface area contributed by atoms with E-state index in [-0.39, 0.29) is 11.6 Å². The molecule has 0 amide bonds. The first-order valence-corrected chi connectivity index (χ1v) is 6.76. The van der Waals surface area contributed by atoms with Crippen LogP contribution in [0.1, 0.15) is 24.8 Å². The molecule has 4 heteroatoms. The number of ether oxygens (including phenoxy) is 1. The Morgan fingerprint density at radius 1 is 1.47 bits per heavy atom. The lowest BCUT2D eigenvalue weighted by Crippen LogP contribution is -2.59. The number of hydrogen-bond donors (Lipinski definition) is 2. The van der Waals surface area contributed by atoms with Gasteiger partial charge < -0.3 is 4.74 Å². The van der Waals surface area contributed by atoms with E-state index >= 15 is 0 Å². The van der Waals surface area contributed by atoms with Gasteiger partial charge in [0.25, 0.3) is 0 Å². The van der Waals surface area contributed by atoms with Gasteiger partial charge in [-0.25, -0.2) is 0 Å². The number of halogens is 1. The van der Waals surface area contributed by atoms with Gasteiger partial charge in [0.05, 0.1) is 11.6 Å². The molecule has 17 heavy (non-hydrogen) atoms. The first kappa shape index (κ1) is 13.0. The Hall–Kier alpha value is -0.420. The molecule has 3 N–H and O–H groups in total. The molecular formula is C13H19BrN2O. The largest absolute Gasteiger partial charge is 0.377 e. The molecule has 1 fully saturated rings. The van der Waals surface area contributed by atoms with Gasteiger partial charge in [-0.15, -0.1) is 0 Å². The Morgan fingerprint density at radius 3 is 2.65 bits per heavy atom. The van der Waals surface area contributed by atoms with Gasteiger partial charge in [0.1, 0.15) is 0 Å². The summed E-state index contributed by atoms with van der Waals surface area (Å²) in [4.78, 5) is 0. The second kappa shape index (κ2) is 5.48. The number of rotatable bonds is 5. The summed E-state index contributed by atoms with van der Waals surface area (Å²) < 4.78 is 6.81. The lowest BCUT2D eigenvalue weighted by Gasteiger charge is -2.46. The zero-order chi connectivity index (χ0) is 12.3. The fraction of sp³-hybridized carbons (Fsp3) is 0.538. The molecule has 0 bridgehead atoms. The molecule has 0 aromatic heterocycles. The smallest absolute Gasteiger partial charge is 0.0847 e. The minimum atomic E-state index is -0.0793. The third-order valence-electron chi connectivity index (χ3n) is 3.82. The summed E-state index contributed by atoms with van der Waals surface area (Å²) in [6.07, 6.45) is 4.28. The summed E-state index contributed by atoms with van der Waals surface area (Å²) in [5.41, 5.74) is 4.11. The van der Waals surface area contributed by atoms with E-state index in [1.165, 1.54) is 12.0 Å². The van der Waals surface area contributed by atoms with Crippen LogP contribution in [0.5, 0.6) is 0 Å². The van der Waals surface area contributed by atoms with Crippen molar-refractivity contribution in [3.05, 3.63) is 34.3 Å². The molecule has 1 aromatic rings. The SMILES string of the molecule is COC1(C(Cc2ccccc2Br)NN)CCC1. The van der Waals surface area contributed by atoms with Crippen molar-refractivity contribution in [1.29, 1.82) is 0 Å². The van der Waals surface area contributed by atoms with Gasteiger partial charge >= 0.3 is 0 Å².